The van der Waals surface area contributed by atoms with Crippen LogP contribution in [0.1, 0.15) is 28.7 Å². The van der Waals surface area contributed by atoms with Gasteiger partial charge in [-0.05, 0) is 25.5 Å². The SMILES string of the molecule is CN1C[C@H]2C(=O)N(C)Cc3nc4sc5c(c4c(=O)n3[C@H]2C1)CC[C@@H](F)C5. The number of fused-ring (bicyclic) bond motifs is 6. The fourth-order valence-corrected chi connectivity index (χ4v) is 6.04. The Labute approximate surface area is 154 Å². The maximum absolute atomic E-state index is 13.8. The van der Waals surface area contributed by atoms with Crippen molar-refractivity contribution in [1.82, 2.24) is 19.4 Å². The second-order valence-corrected chi connectivity index (χ2v) is 8.90. The van der Waals surface area contributed by atoms with E-state index in [9.17, 15) is 14.0 Å². The van der Waals surface area contributed by atoms with Crippen molar-refractivity contribution in [3.05, 3.63) is 26.6 Å². The van der Waals surface area contributed by atoms with E-state index < -0.39 is 6.17 Å². The van der Waals surface area contributed by atoms with Gasteiger partial charge in [-0.1, -0.05) is 0 Å². The number of likely N-dealkylation sites (N-methyl/N-ethyl adjacent to an activating group) is 1. The predicted molar refractivity (Wildman–Crippen MR) is 97.3 cm³/mol. The number of aromatic nitrogens is 2. The fraction of sp³-hybridized carbons (Fsp3) is 0.611. The van der Waals surface area contributed by atoms with Crippen LogP contribution in [-0.4, -0.2) is 58.6 Å². The smallest absolute Gasteiger partial charge is 0.262 e. The molecule has 0 bridgehead atoms. The molecule has 0 N–H and O–H groups in total. The molecule has 3 aliphatic rings. The Kier molecular flexibility index (Phi) is 3.53. The van der Waals surface area contributed by atoms with E-state index in [-0.39, 0.29) is 23.4 Å². The van der Waals surface area contributed by atoms with Gasteiger partial charge < -0.3 is 9.80 Å². The van der Waals surface area contributed by atoms with Crippen molar-refractivity contribution < 1.29 is 9.18 Å². The van der Waals surface area contributed by atoms with E-state index in [0.29, 0.717) is 54.9 Å². The zero-order valence-corrected chi connectivity index (χ0v) is 15.7. The second-order valence-electron chi connectivity index (χ2n) is 7.82. The zero-order valence-electron chi connectivity index (χ0n) is 14.9. The summed E-state index contributed by atoms with van der Waals surface area (Å²) in [6.07, 6.45) is 0.626. The van der Waals surface area contributed by atoms with Gasteiger partial charge in [-0.2, -0.15) is 0 Å². The highest BCUT2D eigenvalue weighted by atomic mass is 32.1. The minimum atomic E-state index is -0.826. The average molecular weight is 376 g/mol. The van der Waals surface area contributed by atoms with Gasteiger partial charge in [0.25, 0.3) is 5.56 Å². The molecule has 2 aromatic rings. The molecule has 0 unspecified atom stereocenters. The van der Waals surface area contributed by atoms with Gasteiger partial charge >= 0.3 is 0 Å². The number of nitrogens with zero attached hydrogens (tertiary/aromatic N) is 4. The van der Waals surface area contributed by atoms with Crippen molar-refractivity contribution in [1.29, 1.82) is 0 Å². The molecule has 1 aliphatic carbocycles. The topological polar surface area (TPSA) is 58.4 Å². The summed E-state index contributed by atoms with van der Waals surface area (Å²) >= 11 is 1.45. The third kappa shape index (κ3) is 2.21. The first kappa shape index (κ1) is 16.4. The Morgan fingerprint density at radius 1 is 1.23 bits per heavy atom. The van der Waals surface area contributed by atoms with Crippen LogP contribution >= 0.6 is 11.3 Å². The molecule has 0 spiro atoms. The monoisotopic (exact) mass is 376 g/mol. The Morgan fingerprint density at radius 2 is 2.04 bits per heavy atom. The van der Waals surface area contributed by atoms with E-state index >= 15 is 0 Å². The number of hydrogen-bond acceptors (Lipinski definition) is 5. The normalized spacial score (nSPS) is 28.8. The molecular weight excluding hydrogens is 355 g/mol. The van der Waals surface area contributed by atoms with Gasteiger partial charge in [0.05, 0.1) is 23.9 Å². The predicted octanol–water partition coefficient (Wildman–Crippen LogP) is 1.36. The Morgan fingerprint density at radius 3 is 2.85 bits per heavy atom. The molecule has 0 radical (unpaired) electrons. The van der Waals surface area contributed by atoms with Crippen LogP contribution in [0, 0.1) is 5.92 Å². The van der Waals surface area contributed by atoms with E-state index in [0.717, 1.165) is 10.4 Å². The summed E-state index contributed by atoms with van der Waals surface area (Å²) in [5.74, 6) is 0.513. The summed E-state index contributed by atoms with van der Waals surface area (Å²) in [6.45, 7) is 1.67. The number of rotatable bonds is 0. The second kappa shape index (κ2) is 5.60. The highest BCUT2D eigenvalue weighted by molar-refractivity contribution is 7.18. The van der Waals surface area contributed by atoms with Crippen LogP contribution in [0.4, 0.5) is 4.39 Å². The molecule has 0 aromatic carbocycles. The molecule has 3 atom stereocenters. The van der Waals surface area contributed by atoms with E-state index in [1.807, 2.05) is 7.05 Å². The van der Waals surface area contributed by atoms with Crippen LogP contribution in [0.15, 0.2) is 4.79 Å². The van der Waals surface area contributed by atoms with E-state index in [1.54, 1.807) is 16.5 Å². The number of carbonyl (C=O) groups is 1. The van der Waals surface area contributed by atoms with Crippen molar-refractivity contribution in [3.8, 4) is 0 Å². The lowest BCUT2D eigenvalue weighted by atomic mass is 9.95. The van der Waals surface area contributed by atoms with Gasteiger partial charge in [0.1, 0.15) is 16.8 Å². The summed E-state index contributed by atoms with van der Waals surface area (Å²) in [4.78, 5) is 36.5. The largest absolute Gasteiger partial charge is 0.338 e. The molecule has 26 heavy (non-hydrogen) atoms. The van der Waals surface area contributed by atoms with Gasteiger partial charge in [0.15, 0.2) is 0 Å². The number of thiophene rings is 1. The molecular formula is C18H21FN4O2S. The standard InChI is InChI=1S/C18H21FN4O2S/c1-21-6-11-12(7-21)23-14(8-22(2)17(11)24)20-16-15(18(23)25)10-4-3-9(19)5-13(10)26-16/h9,11-12H,3-8H2,1-2H3/t9-,11-,12+/m1/s1. The number of aryl methyl sites for hydroxylation is 1. The van der Waals surface area contributed by atoms with Crippen LogP contribution in [-0.2, 0) is 24.2 Å². The number of hydrogen-bond donors (Lipinski definition) is 0. The van der Waals surface area contributed by atoms with Gasteiger partial charge in [0, 0.05) is 31.4 Å². The van der Waals surface area contributed by atoms with E-state index in [4.69, 9.17) is 4.98 Å². The van der Waals surface area contributed by atoms with Gasteiger partial charge in [-0.25, -0.2) is 9.37 Å². The lowest BCUT2D eigenvalue weighted by molar-refractivity contribution is -0.134. The van der Waals surface area contributed by atoms with E-state index in [2.05, 4.69) is 4.90 Å². The van der Waals surface area contributed by atoms with Crippen LogP contribution in [0.25, 0.3) is 10.2 Å². The zero-order chi connectivity index (χ0) is 18.2. The lowest BCUT2D eigenvalue weighted by Gasteiger charge is -2.19. The summed E-state index contributed by atoms with van der Waals surface area (Å²) in [5, 5.41) is 0.658. The van der Waals surface area contributed by atoms with Crippen LogP contribution in [0.5, 0.6) is 0 Å². The van der Waals surface area contributed by atoms with Gasteiger partial charge in [-0.15, -0.1) is 11.3 Å². The Hall–Kier alpha value is -1.80. The first-order chi connectivity index (χ1) is 12.4. The van der Waals surface area contributed by atoms with Crippen molar-refractivity contribution in [2.45, 2.75) is 38.0 Å². The van der Waals surface area contributed by atoms with Crippen molar-refractivity contribution in [2.75, 3.05) is 27.2 Å². The molecule has 5 rings (SSSR count). The minimum Gasteiger partial charge on any atom is -0.338 e. The first-order valence-corrected chi connectivity index (χ1v) is 9.89. The summed E-state index contributed by atoms with van der Waals surface area (Å²) in [7, 11) is 3.75. The molecule has 1 saturated heterocycles. The highest BCUT2D eigenvalue weighted by Crippen LogP contribution is 2.37. The number of amides is 1. The maximum Gasteiger partial charge on any atom is 0.262 e. The van der Waals surface area contributed by atoms with Gasteiger partial charge in [0.2, 0.25) is 5.91 Å². The molecule has 2 aromatic heterocycles. The summed E-state index contributed by atoms with van der Waals surface area (Å²) < 4.78 is 15.6. The van der Waals surface area contributed by atoms with E-state index in [1.165, 1.54) is 11.3 Å². The third-order valence-corrected chi connectivity index (χ3v) is 7.15. The molecule has 2 aliphatic heterocycles. The van der Waals surface area contributed by atoms with Crippen molar-refractivity contribution in [3.63, 3.8) is 0 Å². The summed E-state index contributed by atoms with van der Waals surface area (Å²) in [6, 6.07) is -0.176. The Balaban J connectivity index is 1.76. The molecule has 1 amide bonds. The third-order valence-electron chi connectivity index (χ3n) is 6.00. The van der Waals surface area contributed by atoms with Gasteiger partial charge in [-0.3, -0.25) is 14.2 Å². The van der Waals surface area contributed by atoms with Crippen molar-refractivity contribution >= 4 is 27.5 Å². The number of halogens is 1. The lowest BCUT2D eigenvalue weighted by Crippen LogP contribution is -2.34. The first-order valence-electron chi connectivity index (χ1n) is 9.07. The minimum absolute atomic E-state index is 0.0480. The van der Waals surface area contributed by atoms with Crippen LogP contribution in [0.2, 0.25) is 0 Å². The average Bonchev–Trinajstić information content (AvgIpc) is 3.11. The maximum atomic E-state index is 13.8. The van der Waals surface area contributed by atoms with Crippen LogP contribution in [0.3, 0.4) is 0 Å². The highest BCUT2D eigenvalue weighted by Gasteiger charge is 2.43. The molecule has 0 saturated carbocycles. The number of carbonyl (C=O) groups excluding carboxylic acids is 1. The summed E-state index contributed by atoms with van der Waals surface area (Å²) in [5.41, 5.74) is 0.937. The number of likely N-dealkylation sites (tertiary alicyclic amines) is 1. The number of alkyl halides is 1. The quantitative estimate of drug-likeness (QED) is 0.697. The Bertz CT molecular complexity index is 984. The molecule has 6 nitrogen and oxygen atoms in total. The molecule has 8 heteroatoms. The van der Waals surface area contributed by atoms with Crippen molar-refractivity contribution in [2.24, 2.45) is 5.92 Å². The fourth-order valence-electron chi connectivity index (χ4n) is 4.75. The molecule has 1 fully saturated rings. The van der Waals surface area contributed by atoms with Crippen LogP contribution < -0.4 is 5.56 Å². The molecule has 138 valence electrons. The molecule has 4 heterocycles.